The first kappa shape index (κ1) is 25.7. The van der Waals surface area contributed by atoms with Gasteiger partial charge in [0.05, 0.1) is 34.9 Å². The van der Waals surface area contributed by atoms with Gasteiger partial charge in [-0.3, -0.25) is 0 Å². The highest BCUT2D eigenvalue weighted by Gasteiger charge is 2.24. The van der Waals surface area contributed by atoms with E-state index in [2.05, 4.69) is 78.9 Å². The molecule has 0 fully saturated rings. The van der Waals surface area contributed by atoms with Crippen molar-refractivity contribution in [3.63, 3.8) is 0 Å². The lowest BCUT2D eigenvalue weighted by Crippen LogP contribution is -1.93. The molecular formula is C43H21N3. The van der Waals surface area contributed by atoms with E-state index < -0.39 is 0 Å². The van der Waals surface area contributed by atoms with Gasteiger partial charge in [-0.2, -0.15) is 15.8 Å². The van der Waals surface area contributed by atoms with E-state index in [1.54, 1.807) is 0 Å². The van der Waals surface area contributed by atoms with Gasteiger partial charge in [0.2, 0.25) is 0 Å². The molecule has 0 saturated carbocycles. The third-order valence-corrected chi connectivity index (χ3v) is 9.49. The van der Waals surface area contributed by atoms with E-state index in [4.69, 9.17) is 0 Å². The molecule has 0 heterocycles. The van der Waals surface area contributed by atoms with Crippen molar-refractivity contribution in [2.24, 2.45) is 0 Å². The van der Waals surface area contributed by atoms with Crippen LogP contribution in [0.15, 0.2) is 127 Å². The van der Waals surface area contributed by atoms with Crippen molar-refractivity contribution in [1.82, 2.24) is 0 Å². The zero-order chi connectivity index (χ0) is 30.9. The topological polar surface area (TPSA) is 71.4 Å². The first-order chi connectivity index (χ1) is 22.7. The van der Waals surface area contributed by atoms with Gasteiger partial charge in [0.25, 0.3) is 0 Å². The van der Waals surface area contributed by atoms with Gasteiger partial charge < -0.3 is 0 Å². The number of hydrogen-bond donors (Lipinski definition) is 0. The average molecular weight is 580 g/mol. The smallest absolute Gasteiger partial charge is 0.0998 e. The predicted octanol–water partition coefficient (Wildman–Crippen LogP) is 10.9. The molecule has 0 atom stereocenters. The van der Waals surface area contributed by atoms with Gasteiger partial charge in [-0.15, -0.1) is 0 Å². The number of hydrogen-bond acceptors (Lipinski definition) is 3. The van der Waals surface area contributed by atoms with Crippen LogP contribution in [0.5, 0.6) is 0 Å². The van der Waals surface area contributed by atoms with Crippen molar-refractivity contribution in [2.75, 3.05) is 0 Å². The third kappa shape index (κ3) is 3.51. The van der Waals surface area contributed by atoms with Gasteiger partial charge in [-0.25, -0.2) is 0 Å². The molecule has 8 aromatic rings. The molecule has 0 N–H and O–H groups in total. The van der Waals surface area contributed by atoms with Gasteiger partial charge in [-0.1, -0.05) is 78.9 Å². The number of nitriles is 3. The van der Waals surface area contributed by atoms with Crippen molar-refractivity contribution in [2.45, 2.75) is 0 Å². The summed E-state index contributed by atoms with van der Waals surface area (Å²) in [4.78, 5) is 0. The van der Waals surface area contributed by atoms with Crippen LogP contribution in [0.2, 0.25) is 0 Å². The summed E-state index contributed by atoms with van der Waals surface area (Å²) < 4.78 is 0. The van der Waals surface area contributed by atoms with Crippen molar-refractivity contribution in [1.29, 1.82) is 15.8 Å². The van der Waals surface area contributed by atoms with E-state index in [9.17, 15) is 15.8 Å². The molecule has 0 amide bonds. The van der Waals surface area contributed by atoms with E-state index >= 15 is 0 Å². The first-order valence-corrected chi connectivity index (χ1v) is 15.1. The Kier molecular flexibility index (Phi) is 5.39. The Balaban J connectivity index is 1.51. The molecule has 1 aliphatic rings. The lowest BCUT2D eigenvalue weighted by molar-refractivity contribution is 1.48. The van der Waals surface area contributed by atoms with Gasteiger partial charge in [0.1, 0.15) is 0 Å². The lowest BCUT2D eigenvalue weighted by atomic mass is 9.84. The van der Waals surface area contributed by atoms with Crippen LogP contribution >= 0.6 is 0 Å². The third-order valence-electron chi connectivity index (χ3n) is 9.49. The Labute approximate surface area is 265 Å². The minimum Gasteiger partial charge on any atom is -0.192 e. The van der Waals surface area contributed by atoms with Gasteiger partial charge in [0, 0.05) is 11.1 Å². The second-order valence-corrected chi connectivity index (χ2v) is 11.8. The summed E-state index contributed by atoms with van der Waals surface area (Å²) in [6, 6.07) is 50.3. The molecule has 3 heteroatoms. The van der Waals surface area contributed by atoms with Crippen LogP contribution in [-0.2, 0) is 0 Å². The van der Waals surface area contributed by atoms with E-state index in [1.165, 1.54) is 33.0 Å². The Hall–Kier alpha value is -6.73. The fourth-order valence-electron chi connectivity index (χ4n) is 7.47. The zero-order valence-electron chi connectivity index (χ0n) is 24.5. The van der Waals surface area contributed by atoms with Crippen LogP contribution in [0.25, 0.3) is 87.6 Å². The van der Waals surface area contributed by atoms with Crippen LogP contribution < -0.4 is 0 Å². The Morgan fingerprint density at radius 1 is 0.326 bits per heavy atom. The summed E-state index contributed by atoms with van der Waals surface area (Å²) in [6.07, 6.45) is 0. The highest BCUT2D eigenvalue weighted by molar-refractivity contribution is 6.27. The predicted molar refractivity (Wildman–Crippen MR) is 186 cm³/mol. The molecule has 208 valence electrons. The van der Waals surface area contributed by atoms with Crippen LogP contribution in [-0.4, -0.2) is 0 Å². The molecule has 0 aromatic heterocycles. The van der Waals surface area contributed by atoms with Crippen molar-refractivity contribution in [3.05, 3.63) is 144 Å². The Morgan fingerprint density at radius 3 is 1.39 bits per heavy atom. The monoisotopic (exact) mass is 579 g/mol. The van der Waals surface area contributed by atoms with E-state index in [0.717, 1.165) is 54.6 Å². The maximum absolute atomic E-state index is 10.2. The number of fused-ring (bicyclic) bond motifs is 8. The lowest BCUT2D eigenvalue weighted by Gasteiger charge is -2.18. The standard InChI is InChI=1S/C43H21N3/c44-22-25-15-16-31-34(17-25)35(29-11-3-1-7-27(29)23-45)19-41-37(31)18-36(30-12-4-2-8-28(30)24-46)40-20-38-32-13-5-9-26-10-6-14-33(43(26)32)39(38)21-42(40)41/h1-21H. The molecule has 46 heavy (non-hydrogen) atoms. The quantitative estimate of drug-likeness (QED) is 0.191. The molecule has 9 rings (SSSR count). The van der Waals surface area contributed by atoms with Crippen LogP contribution in [0.3, 0.4) is 0 Å². The largest absolute Gasteiger partial charge is 0.192 e. The fraction of sp³-hybridized carbons (Fsp3) is 0. The van der Waals surface area contributed by atoms with Gasteiger partial charge in [-0.05, 0) is 125 Å². The second-order valence-electron chi connectivity index (χ2n) is 11.8. The molecule has 8 aromatic carbocycles. The minimum absolute atomic E-state index is 0.557. The molecule has 0 saturated heterocycles. The Bertz CT molecular complexity index is 2780. The molecule has 0 unspecified atom stereocenters. The summed E-state index contributed by atoms with van der Waals surface area (Å²) in [5.41, 5.74) is 10.2. The minimum atomic E-state index is 0.557. The summed E-state index contributed by atoms with van der Waals surface area (Å²) in [5.74, 6) is 0. The van der Waals surface area contributed by atoms with Crippen LogP contribution in [0.1, 0.15) is 16.7 Å². The summed E-state index contributed by atoms with van der Waals surface area (Å²) >= 11 is 0. The second kappa shape index (κ2) is 9.64. The van der Waals surface area contributed by atoms with Gasteiger partial charge in [0.15, 0.2) is 0 Å². The van der Waals surface area contributed by atoms with Crippen molar-refractivity contribution < 1.29 is 0 Å². The number of rotatable bonds is 2. The van der Waals surface area contributed by atoms with E-state index in [1.807, 2.05) is 66.7 Å². The summed E-state index contributed by atoms with van der Waals surface area (Å²) in [7, 11) is 0. The summed E-state index contributed by atoms with van der Waals surface area (Å²) in [6.45, 7) is 0. The highest BCUT2D eigenvalue weighted by atomic mass is 14.3. The normalized spacial score (nSPS) is 11.4. The van der Waals surface area contributed by atoms with E-state index in [0.29, 0.717) is 16.7 Å². The Morgan fingerprint density at radius 2 is 0.804 bits per heavy atom. The summed E-state index contributed by atoms with van der Waals surface area (Å²) in [5, 5.41) is 38.7. The van der Waals surface area contributed by atoms with Crippen LogP contribution in [0, 0.1) is 34.0 Å². The molecule has 0 aliphatic heterocycles. The van der Waals surface area contributed by atoms with Crippen molar-refractivity contribution in [3.8, 4) is 62.7 Å². The maximum Gasteiger partial charge on any atom is 0.0998 e. The van der Waals surface area contributed by atoms with Gasteiger partial charge >= 0.3 is 0 Å². The number of benzene rings is 8. The fourth-order valence-corrected chi connectivity index (χ4v) is 7.47. The zero-order valence-corrected chi connectivity index (χ0v) is 24.5. The highest BCUT2D eigenvalue weighted by Crippen LogP contribution is 2.51. The molecule has 3 nitrogen and oxygen atoms in total. The molecule has 1 aliphatic carbocycles. The maximum atomic E-state index is 10.2. The first-order valence-electron chi connectivity index (χ1n) is 15.1. The van der Waals surface area contributed by atoms with Crippen LogP contribution in [0.4, 0.5) is 0 Å². The molecule has 0 radical (unpaired) electrons. The molecular weight excluding hydrogens is 558 g/mol. The average Bonchev–Trinajstić information content (AvgIpc) is 3.43. The van der Waals surface area contributed by atoms with E-state index in [-0.39, 0.29) is 0 Å². The van der Waals surface area contributed by atoms with Crippen molar-refractivity contribution >= 4 is 43.1 Å². The SMILES string of the molecule is N#Cc1ccc2c(c1)c(-c1ccccc1C#N)cc1c3cc4c(cc3c(-c3ccccc3C#N)cc21)-c1cccc2cccc-4c12. The number of nitrogens with zero attached hydrogens (tertiary/aromatic N) is 3. The molecule has 0 spiro atoms. The molecule has 0 bridgehead atoms.